The predicted octanol–water partition coefficient (Wildman–Crippen LogP) is 2.46. The van der Waals surface area contributed by atoms with E-state index in [1.807, 2.05) is 0 Å². The maximum atomic E-state index is 11.9. The number of carbonyl (C=O) groups excluding carboxylic acids is 2. The van der Waals surface area contributed by atoms with Crippen LogP contribution in [0.4, 0.5) is 5.69 Å². The number of amides is 1. The lowest BCUT2D eigenvalue weighted by molar-refractivity contribution is -0.116. The van der Waals surface area contributed by atoms with Crippen LogP contribution < -0.4 is 5.32 Å². The van der Waals surface area contributed by atoms with E-state index in [0.717, 1.165) is 0 Å². The number of benzene rings is 1. The highest BCUT2D eigenvalue weighted by atomic mass is 79.9. The molecule has 0 atom stereocenters. The zero-order chi connectivity index (χ0) is 15.2. The largest absolute Gasteiger partial charge is 0.462 e. The molecule has 0 bridgehead atoms. The third-order valence-corrected chi connectivity index (χ3v) is 3.28. The molecule has 0 aliphatic rings. The second-order valence-corrected chi connectivity index (χ2v) is 5.02. The van der Waals surface area contributed by atoms with E-state index in [9.17, 15) is 9.59 Å². The Labute approximate surface area is 130 Å². The Bertz CT molecular complexity index is 641. The summed E-state index contributed by atoms with van der Waals surface area (Å²) in [6.07, 6.45) is 3.32. The minimum atomic E-state index is -0.396. The van der Waals surface area contributed by atoms with Crippen molar-refractivity contribution in [2.75, 3.05) is 11.9 Å². The van der Waals surface area contributed by atoms with E-state index in [-0.39, 0.29) is 12.5 Å². The van der Waals surface area contributed by atoms with Gasteiger partial charge < -0.3 is 10.1 Å². The Morgan fingerprint density at radius 1 is 1.43 bits per heavy atom. The molecule has 0 unspecified atom stereocenters. The molecule has 0 radical (unpaired) electrons. The van der Waals surface area contributed by atoms with Crippen LogP contribution in [0.2, 0.25) is 0 Å². The van der Waals surface area contributed by atoms with Crippen molar-refractivity contribution >= 4 is 33.5 Å². The number of anilines is 1. The number of nitrogens with zero attached hydrogens (tertiary/aromatic N) is 2. The van der Waals surface area contributed by atoms with Crippen molar-refractivity contribution in [3.05, 3.63) is 46.7 Å². The highest BCUT2D eigenvalue weighted by Crippen LogP contribution is 2.24. The van der Waals surface area contributed by atoms with Gasteiger partial charge in [0.05, 0.1) is 17.9 Å². The van der Waals surface area contributed by atoms with Gasteiger partial charge in [0.15, 0.2) is 0 Å². The van der Waals surface area contributed by atoms with Crippen LogP contribution >= 0.6 is 15.9 Å². The molecule has 1 aromatic heterocycles. The van der Waals surface area contributed by atoms with Gasteiger partial charge in [-0.25, -0.2) is 4.79 Å². The van der Waals surface area contributed by atoms with Gasteiger partial charge in [0, 0.05) is 16.9 Å². The summed E-state index contributed by atoms with van der Waals surface area (Å²) < 4.78 is 7.05. The van der Waals surface area contributed by atoms with Crippen LogP contribution in [0, 0.1) is 0 Å². The molecule has 0 aliphatic heterocycles. The molecule has 1 heterocycles. The van der Waals surface area contributed by atoms with Gasteiger partial charge in [-0.05, 0) is 47.1 Å². The second kappa shape index (κ2) is 7.03. The lowest BCUT2D eigenvalue weighted by Crippen LogP contribution is -2.19. The number of ether oxygens (including phenoxy) is 1. The Kier molecular flexibility index (Phi) is 5.10. The molecule has 1 aromatic carbocycles. The second-order valence-electron chi connectivity index (χ2n) is 4.17. The van der Waals surface area contributed by atoms with Gasteiger partial charge >= 0.3 is 5.97 Å². The predicted molar refractivity (Wildman–Crippen MR) is 81.0 cm³/mol. The first-order valence-corrected chi connectivity index (χ1v) is 7.13. The van der Waals surface area contributed by atoms with E-state index in [1.165, 1.54) is 4.68 Å². The number of hydrogen-bond donors (Lipinski definition) is 1. The summed E-state index contributed by atoms with van der Waals surface area (Å²) in [6.45, 7) is 2.19. The van der Waals surface area contributed by atoms with Crippen molar-refractivity contribution < 1.29 is 14.3 Å². The van der Waals surface area contributed by atoms with Crippen molar-refractivity contribution in [2.24, 2.45) is 0 Å². The van der Waals surface area contributed by atoms with Crippen LogP contribution in [0.5, 0.6) is 0 Å². The molecule has 2 rings (SSSR count). The van der Waals surface area contributed by atoms with Gasteiger partial charge in [0.25, 0.3) is 0 Å². The van der Waals surface area contributed by atoms with Gasteiger partial charge in [-0.2, -0.15) is 5.10 Å². The van der Waals surface area contributed by atoms with Gasteiger partial charge in [0.2, 0.25) is 5.91 Å². The first kappa shape index (κ1) is 15.2. The summed E-state index contributed by atoms with van der Waals surface area (Å²) >= 11 is 3.33. The Morgan fingerprint density at radius 2 is 2.24 bits per heavy atom. The van der Waals surface area contributed by atoms with Crippen LogP contribution in [0.15, 0.2) is 41.1 Å². The summed E-state index contributed by atoms with van der Waals surface area (Å²) in [6, 6.07) is 6.61. The van der Waals surface area contributed by atoms with Crippen LogP contribution in [0.1, 0.15) is 17.3 Å². The molecule has 110 valence electrons. The molecule has 6 nitrogen and oxygen atoms in total. The van der Waals surface area contributed by atoms with Crippen LogP contribution in [0.3, 0.4) is 0 Å². The average Bonchev–Trinajstić information content (AvgIpc) is 2.94. The molecule has 0 spiro atoms. The highest BCUT2D eigenvalue weighted by Gasteiger charge is 2.11. The number of hydrogen-bond acceptors (Lipinski definition) is 4. The highest BCUT2D eigenvalue weighted by molar-refractivity contribution is 9.10. The van der Waals surface area contributed by atoms with Gasteiger partial charge in [-0.3, -0.25) is 9.48 Å². The molecular formula is C14H14BrN3O3. The fraction of sp³-hybridized carbons (Fsp3) is 0.214. The molecule has 21 heavy (non-hydrogen) atoms. The zero-order valence-electron chi connectivity index (χ0n) is 11.4. The zero-order valence-corrected chi connectivity index (χ0v) is 13.0. The van der Waals surface area contributed by atoms with Crippen LogP contribution in [-0.2, 0) is 16.1 Å². The fourth-order valence-corrected chi connectivity index (χ4v) is 2.17. The Morgan fingerprint density at radius 3 is 2.86 bits per heavy atom. The molecular weight excluding hydrogens is 338 g/mol. The Balaban J connectivity index is 2.03. The third-order valence-electron chi connectivity index (χ3n) is 2.62. The molecule has 1 N–H and O–H groups in total. The first-order valence-electron chi connectivity index (χ1n) is 6.34. The number of nitrogens with one attached hydrogen (secondary N) is 1. The standard InChI is InChI=1S/C14H14BrN3O3/c1-2-21-14(20)10-4-5-12(11(15)8-10)17-13(19)9-18-7-3-6-16-18/h3-8H,2,9H2,1H3,(H,17,19). The lowest BCUT2D eigenvalue weighted by Gasteiger charge is -2.09. The fourth-order valence-electron chi connectivity index (χ4n) is 1.69. The summed E-state index contributed by atoms with van der Waals surface area (Å²) in [5, 5.41) is 6.71. The minimum absolute atomic E-state index is 0.124. The molecule has 2 aromatic rings. The van der Waals surface area contributed by atoms with Gasteiger partial charge in [0.1, 0.15) is 6.54 Å². The molecule has 0 saturated heterocycles. The Hall–Kier alpha value is -2.15. The van der Waals surface area contributed by atoms with Crippen molar-refractivity contribution in [1.29, 1.82) is 0 Å². The summed E-state index contributed by atoms with van der Waals surface area (Å²) in [5.74, 6) is -0.601. The van der Waals surface area contributed by atoms with Crippen molar-refractivity contribution in [2.45, 2.75) is 13.5 Å². The average molecular weight is 352 g/mol. The topological polar surface area (TPSA) is 73.2 Å². The molecule has 0 saturated carbocycles. The third kappa shape index (κ3) is 4.16. The number of rotatable bonds is 5. The number of aromatic nitrogens is 2. The smallest absolute Gasteiger partial charge is 0.338 e. The van der Waals surface area contributed by atoms with Crippen molar-refractivity contribution in [3.63, 3.8) is 0 Å². The SMILES string of the molecule is CCOC(=O)c1ccc(NC(=O)Cn2cccn2)c(Br)c1. The molecule has 7 heteroatoms. The monoisotopic (exact) mass is 351 g/mol. The van der Waals surface area contributed by atoms with Crippen molar-refractivity contribution in [3.8, 4) is 0 Å². The normalized spacial score (nSPS) is 10.2. The van der Waals surface area contributed by atoms with Crippen LogP contribution in [-0.4, -0.2) is 28.3 Å². The molecule has 1 amide bonds. The van der Waals surface area contributed by atoms with E-state index < -0.39 is 5.97 Å². The van der Waals surface area contributed by atoms with Gasteiger partial charge in [-0.15, -0.1) is 0 Å². The number of esters is 1. The van der Waals surface area contributed by atoms with E-state index in [0.29, 0.717) is 22.3 Å². The van der Waals surface area contributed by atoms with E-state index in [2.05, 4.69) is 26.3 Å². The number of halogens is 1. The van der Waals surface area contributed by atoms with E-state index in [4.69, 9.17) is 4.74 Å². The van der Waals surface area contributed by atoms with E-state index in [1.54, 1.807) is 43.6 Å². The summed E-state index contributed by atoms with van der Waals surface area (Å²) in [5.41, 5.74) is 1.01. The quantitative estimate of drug-likeness (QED) is 0.839. The molecule has 0 fully saturated rings. The number of carbonyl (C=O) groups is 2. The van der Waals surface area contributed by atoms with Crippen LogP contribution in [0.25, 0.3) is 0 Å². The first-order chi connectivity index (χ1) is 10.1. The maximum Gasteiger partial charge on any atom is 0.338 e. The summed E-state index contributed by atoms with van der Waals surface area (Å²) in [4.78, 5) is 23.5. The lowest BCUT2D eigenvalue weighted by atomic mass is 10.2. The minimum Gasteiger partial charge on any atom is -0.462 e. The van der Waals surface area contributed by atoms with Gasteiger partial charge in [-0.1, -0.05) is 0 Å². The van der Waals surface area contributed by atoms with E-state index >= 15 is 0 Å². The van der Waals surface area contributed by atoms with Crippen molar-refractivity contribution in [1.82, 2.24) is 9.78 Å². The maximum absolute atomic E-state index is 11.9. The summed E-state index contributed by atoms with van der Waals surface area (Å²) in [7, 11) is 0. The molecule has 0 aliphatic carbocycles.